The Kier molecular flexibility index (Phi) is 3.19. The Hall–Kier alpha value is -1.88. The Morgan fingerprint density at radius 3 is 2.59 bits per heavy atom. The average molecular weight is 441 g/mol. The minimum absolute atomic E-state index is 0.0984. The van der Waals surface area contributed by atoms with E-state index < -0.39 is 11.2 Å². The number of nitrogens with zero attached hydrogens (tertiary/aromatic N) is 1. The molecular formula is C22H15BrClNO2. The number of aromatic nitrogens is 1. The zero-order valence-corrected chi connectivity index (χ0v) is 16.6. The van der Waals surface area contributed by atoms with Crippen LogP contribution in [0, 0.1) is 0 Å². The van der Waals surface area contributed by atoms with Gasteiger partial charge in [0.2, 0.25) is 0 Å². The number of fused-ring (bicyclic) bond motifs is 1. The summed E-state index contributed by atoms with van der Waals surface area (Å²) in [4.78, 5) is 4.64. The number of benzene rings is 2. The molecule has 2 aliphatic heterocycles. The van der Waals surface area contributed by atoms with Crippen LogP contribution >= 0.6 is 27.5 Å². The van der Waals surface area contributed by atoms with Crippen LogP contribution in [-0.4, -0.2) is 11.1 Å². The molecule has 3 aromatic rings. The van der Waals surface area contributed by atoms with Gasteiger partial charge in [0, 0.05) is 22.7 Å². The van der Waals surface area contributed by atoms with Crippen molar-refractivity contribution in [3.05, 3.63) is 93.2 Å². The van der Waals surface area contributed by atoms with Crippen LogP contribution in [0.2, 0.25) is 5.02 Å². The highest BCUT2D eigenvalue weighted by Crippen LogP contribution is 2.76. The lowest BCUT2D eigenvalue weighted by molar-refractivity contribution is -0.0168. The Morgan fingerprint density at radius 1 is 1.04 bits per heavy atom. The number of rotatable bonds is 2. The van der Waals surface area contributed by atoms with E-state index in [0.717, 1.165) is 27.9 Å². The molecular weight excluding hydrogens is 426 g/mol. The molecule has 5 heteroatoms. The van der Waals surface area contributed by atoms with Crippen molar-refractivity contribution >= 4 is 27.5 Å². The molecule has 3 nitrogen and oxygen atoms in total. The lowest BCUT2D eigenvalue weighted by Crippen LogP contribution is -2.43. The summed E-state index contributed by atoms with van der Waals surface area (Å²) in [6.07, 6.45) is 2.69. The highest BCUT2D eigenvalue weighted by molar-refractivity contribution is 9.10. The Bertz CT molecular complexity index is 1060. The zero-order valence-electron chi connectivity index (χ0n) is 14.2. The normalized spacial score (nSPS) is 32.4. The van der Waals surface area contributed by atoms with Gasteiger partial charge >= 0.3 is 0 Å². The quantitative estimate of drug-likeness (QED) is 0.489. The van der Waals surface area contributed by atoms with Crippen LogP contribution in [0.3, 0.4) is 0 Å². The number of hydrogen-bond acceptors (Lipinski definition) is 3. The molecule has 3 aliphatic rings. The molecule has 3 heterocycles. The first kappa shape index (κ1) is 16.1. The first-order chi connectivity index (χ1) is 13.1. The predicted octanol–water partition coefficient (Wildman–Crippen LogP) is 5.57. The van der Waals surface area contributed by atoms with Crippen LogP contribution < -0.4 is 4.74 Å². The fraction of sp³-hybridized carbons (Fsp3) is 0.227. The molecule has 2 fully saturated rings. The first-order valence-electron chi connectivity index (χ1n) is 8.99. The maximum absolute atomic E-state index is 6.75. The first-order valence-corrected chi connectivity index (χ1v) is 10.2. The fourth-order valence-corrected chi connectivity index (χ4v) is 5.49. The van der Waals surface area contributed by atoms with Gasteiger partial charge < -0.3 is 9.47 Å². The standard InChI is InChI=1S/C22H15BrClNO2/c23-15-8-6-14(7-9-15)21-17(13-4-2-1-3-5-13)11-19-22(21,27-19)20-18(26-21)10-16(24)12-25-20/h1-10,12,17,19H,11H2/t17-,19-,21?,22?/m0/s1. The average Bonchev–Trinajstić information content (AvgIpc) is 3.23. The minimum atomic E-state index is -0.639. The van der Waals surface area contributed by atoms with Crippen molar-refractivity contribution in [3.63, 3.8) is 0 Å². The minimum Gasteiger partial charge on any atom is -0.476 e. The molecule has 2 unspecified atom stereocenters. The van der Waals surface area contributed by atoms with Gasteiger partial charge in [-0.3, -0.25) is 4.98 Å². The van der Waals surface area contributed by atoms with E-state index >= 15 is 0 Å². The summed E-state index contributed by atoms with van der Waals surface area (Å²) in [5.74, 6) is 0.903. The molecule has 134 valence electrons. The van der Waals surface area contributed by atoms with Crippen molar-refractivity contribution in [3.8, 4) is 5.75 Å². The molecule has 1 aromatic heterocycles. The van der Waals surface area contributed by atoms with Crippen molar-refractivity contribution in [2.24, 2.45) is 0 Å². The van der Waals surface area contributed by atoms with Crippen molar-refractivity contribution in [1.82, 2.24) is 4.98 Å². The van der Waals surface area contributed by atoms with Gasteiger partial charge in [-0.1, -0.05) is 70.0 Å². The number of halogens is 2. The van der Waals surface area contributed by atoms with Crippen molar-refractivity contribution in [2.75, 3.05) is 0 Å². The third kappa shape index (κ3) is 1.93. The smallest absolute Gasteiger partial charge is 0.184 e. The van der Waals surface area contributed by atoms with Crippen LogP contribution in [-0.2, 0) is 15.9 Å². The fourth-order valence-electron chi connectivity index (χ4n) is 5.08. The van der Waals surface area contributed by atoms with E-state index in [2.05, 4.69) is 69.4 Å². The molecule has 1 saturated carbocycles. The Labute approximate surface area is 170 Å². The third-order valence-electron chi connectivity index (χ3n) is 6.13. The molecule has 1 saturated heterocycles. The third-order valence-corrected chi connectivity index (χ3v) is 6.87. The summed E-state index contributed by atoms with van der Waals surface area (Å²) in [5.41, 5.74) is 2.06. The van der Waals surface area contributed by atoms with Crippen molar-refractivity contribution < 1.29 is 9.47 Å². The van der Waals surface area contributed by atoms with E-state index in [1.165, 1.54) is 5.56 Å². The molecule has 6 rings (SSSR count). The second-order valence-corrected chi connectivity index (χ2v) is 8.74. The lowest BCUT2D eigenvalue weighted by Gasteiger charge is -2.37. The molecule has 0 amide bonds. The predicted molar refractivity (Wildman–Crippen MR) is 106 cm³/mol. The molecule has 27 heavy (non-hydrogen) atoms. The van der Waals surface area contributed by atoms with Crippen LogP contribution in [0.25, 0.3) is 0 Å². The van der Waals surface area contributed by atoms with Crippen LogP contribution in [0.4, 0.5) is 0 Å². The summed E-state index contributed by atoms with van der Waals surface area (Å²) in [5, 5.41) is 0.574. The molecule has 1 spiro atoms. The molecule has 0 bridgehead atoms. The van der Waals surface area contributed by atoms with Gasteiger partial charge in [-0.05, 0) is 29.7 Å². The SMILES string of the molecule is Clc1cnc2c(c1)OC1(c3ccc(Br)cc3)[C@H](c3ccccc3)C[C@@H]3OC231. The molecule has 0 radical (unpaired) electrons. The monoisotopic (exact) mass is 439 g/mol. The summed E-state index contributed by atoms with van der Waals surface area (Å²) in [6.45, 7) is 0. The Morgan fingerprint density at radius 2 is 1.81 bits per heavy atom. The van der Waals surface area contributed by atoms with Gasteiger partial charge in [0.05, 0.1) is 11.1 Å². The van der Waals surface area contributed by atoms with Gasteiger partial charge in [-0.2, -0.15) is 0 Å². The van der Waals surface area contributed by atoms with E-state index in [1.807, 2.05) is 12.1 Å². The highest BCUT2D eigenvalue weighted by atomic mass is 79.9. The number of ether oxygens (including phenoxy) is 2. The molecule has 1 aliphatic carbocycles. The maximum Gasteiger partial charge on any atom is 0.184 e. The second-order valence-electron chi connectivity index (χ2n) is 7.39. The van der Waals surface area contributed by atoms with Crippen molar-refractivity contribution in [2.45, 2.75) is 29.6 Å². The van der Waals surface area contributed by atoms with Crippen molar-refractivity contribution in [1.29, 1.82) is 0 Å². The largest absolute Gasteiger partial charge is 0.476 e. The van der Waals surface area contributed by atoms with E-state index in [1.54, 1.807) is 6.20 Å². The second kappa shape index (κ2) is 5.34. The topological polar surface area (TPSA) is 34.6 Å². The number of pyridine rings is 1. The zero-order chi connectivity index (χ0) is 18.2. The molecule has 4 atom stereocenters. The molecule has 2 aromatic carbocycles. The summed E-state index contributed by atoms with van der Waals surface area (Å²) in [7, 11) is 0. The summed E-state index contributed by atoms with van der Waals surface area (Å²) in [6, 6.07) is 20.8. The maximum atomic E-state index is 6.75. The number of epoxide rings is 1. The van der Waals surface area contributed by atoms with E-state index in [0.29, 0.717) is 5.02 Å². The van der Waals surface area contributed by atoms with E-state index in [9.17, 15) is 0 Å². The highest BCUT2D eigenvalue weighted by Gasteiger charge is 2.84. The van der Waals surface area contributed by atoms with Crippen LogP contribution in [0.5, 0.6) is 5.75 Å². The van der Waals surface area contributed by atoms with Gasteiger partial charge in [0.25, 0.3) is 0 Å². The summed E-state index contributed by atoms with van der Waals surface area (Å²) >= 11 is 9.76. The van der Waals surface area contributed by atoms with Gasteiger partial charge in [-0.25, -0.2) is 0 Å². The lowest BCUT2D eigenvalue weighted by atomic mass is 9.74. The van der Waals surface area contributed by atoms with Crippen LogP contribution in [0.15, 0.2) is 71.3 Å². The van der Waals surface area contributed by atoms with Gasteiger partial charge in [0.1, 0.15) is 11.4 Å². The molecule has 0 N–H and O–H groups in total. The summed E-state index contributed by atoms with van der Waals surface area (Å²) < 4.78 is 14.1. The van der Waals surface area contributed by atoms with Gasteiger partial charge in [-0.15, -0.1) is 0 Å². The van der Waals surface area contributed by atoms with Gasteiger partial charge in [0.15, 0.2) is 11.2 Å². The van der Waals surface area contributed by atoms with Crippen LogP contribution in [0.1, 0.15) is 29.2 Å². The Balaban J connectivity index is 1.62. The van der Waals surface area contributed by atoms with E-state index in [-0.39, 0.29) is 12.0 Å². The van der Waals surface area contributed by atoms with E-state index in [4.69, 9.17) is 21.1 Å². The number of hydrogen-bond donors (Lipinski definition) is 0.